The number of aromatic nitrogens is 4. The van der Waals surface area contributed by atoms with Crippen LogP contribution in [-0.2, 0) is 4.74 Å². The fraction of sp³-hybridized carbons (Fsp3) is 0.231. The Bertz CT molecular complexity index is 829. The first-order chi connectivity index (χ1) is 10.2. The molecule has 0 saturated carbocycles. The molecule has 0 radical (unpaired) electrons. The van der Waals surface area contributed by atoms with Crippen LogP contribution in [0.5, 0.6) is 0 Å². The van der Waals surface area contributed by atoms with Crippen LogP contribution in [0.3, 0.4) is 0 Å². The van der Waals surface area contributed by atoms with E-state index in [1.165, 1.54) is 17.7 Å². The van der Waals surface area contributed by atoms with Crippen molar-refractivity contribution < 1.29 is 4.74 Å². The maximum Gasteiger partial charge on any atom is 0.258 e. The smallest absolute Gasteiger partial charge is 0.258 e. The molecule has 3 rings (SSSR count). The summed E-state index contributed by atoms with van der Waals surface area (Å²) in [7, 11) is 1.63. The van der Waals surface area contributed by atoms with Gasteiger partial charge in [0.1, 0.15) is 11.1 Å². The molecule has 1 atom stereocenters. The summed E-state index contributed by atoms with van der Waals surface area (Å²) in [4.78, 5) is 18.4. The Balaban J connectivity index is 1.89. The van der Waals surface area contributed by atoms with Crippen molar-refractivity contribution in [2.75, 3.05) is 12.4 Å². The molecule has 2 N–H and O–H groups in total. The summed E-state index contributed by atoms with van der Waals surface area (Å²) < 4.78 is 5.20. The predicted octanol–water partition coefficient (Wildman–Crippen LogP) is 2.23. The fourth-order valence-corrected chi connectivity index (χ4v) is 2.61. The Morgan fingerprint density at radius 3 is 3.05 bits per heavy atom. The molecule has 8 heteroatoms. The van der Waals surface area contributed by atoms with Crippen LogP contribution in [0.25, 0.3) is 10.9 Å². The first kappa shape index (κ1) is 13.7. The van der Waals surface area contributed by atoms with Gasteiger partial charge < -0.3 is 15.0 Å². The molecule has 21 heavy (non-hydrogen) atoms. The van der Waals surface area contributed by atoms with Crippen LogP contribution in [0.4, 0.5) is 10.8 Å². The zero-order chi connectivity index (χ0) is 14.8. The fourth-order valence-electron chi connectivity index (χ4n) is 1.82. The van der Waals surface area contributed by atoms with E-state index in [-0.39, 0.29) is 11.7 Å². The van der Waals surface area contributed by atoms with Gasteiger partial charge in [-0.1, -0.05) is 11.3 Å². The number of aromatic amines is 1. The van der Waals surface area contributed by atoms with Crippen LogP contribution < -0.4 is 10.9 Å². The molecule has 3 aromatic rings. The highest BCUT2D eigenvalue weighted by Crippen LogP contribution is 2.26. The SMILES string of the molecule is COC(C)c1nnc(Nc2ccc3nc[nH]c(=O)c3c2)s1. The molecule has 1 aromatic carbocycles. The van der Waals surface area contributed by atoms with E-state index in [0.717, 1.165) is 10.7 Å². The van der Waals surface area contributed by atoms with Gasteiger partial charge >= 0.3 is 0 Å². The van der Waals surface area contributed by atoms with Crippen molar-refractivity contribution in [2.45, 2.75) is 13.0 Å². The summed E-state index contributed by atoms with van der Waals surface area (Å²) in [6.45, 7) is 1.91. The summed E-state index contributed by atoms with van der Waals surface area (Å²) in [5.41, 5.74) is 1.23. The van der Waals surface area contributed by atoms with Gasteiger partial charge in [0.15, 0.2) is 0 Å². The summed E-state index contributed by atoms with van der Waals surface area (Å²) >= 11 is 1.41. The Morgan fingerprint density at radius 1 is 1.38 bits per heavy atom. The average Bonchev–Trinajstić information content (AvgIpc) is 2.96. The predicted molar refractivity (Wildman–Crippen MR) is 81.0 cm³/mol. The minimum atomic E-state index is -0.172. The Kier molecular flexibility index (Phi) is 3.63. The third-order valence-corrected chi connectivity index (χ3v) is 4.03. The second-order valence-corrected chi connectivity index (χ2v) is 5.42. The molecule has 0 aliphatic heterocycles. The van der Waals surface area contributed by atoms with E-state index in [9.17, 15) is 4.79 Å². The lowest BCUT2D eigenvalue weighted by Crippen LogP contribution is -2.06. The van der Waals surface area contributed by atoms with E-state index in [1.807, 2.05) is 13.0 Å². The van der Waals surface area contributed by atoms with E-state index >= 15 is 0 Å². The second kappa shape index (κ2) is 5.58. The van der Waals surface area contributed by atoms with Crippen molar-refractivity contribution >= 4 is 33.1 Å². The van der Waals surface area contributed by atoms with E-state index in [0.29, 0.717) is 16.0 Å². The Labute approximate surface area is 124 Å². The monoisotopic (exact) mass is 303 g/mol. The quantitative estimate of drug-likeness (QED) is 0.767. The van der Waals surface area contributed by atoms with Gasteiger partial charge in [0, 0.05) is 12.8 Å². The molecule has 0 spiro atoms. The van der Waals surface area contributed by atoms with Crippen molar-refractivity contribution in [2.24, 2.45) is 0 Å². The molecular formula is C13H13N5O2S. The number of benzene rings is 1. The minimum Gasteiger partial charge on any atom is -0.374 e. The number of fused-ring (bicyclic) bond motifs is 1. The molecule has 0 saturated heterocycles. The van der Waals surface area contributed by atoms with Crippen molar-refractivity contribution in [1.82, 2.24) is 20.2 Å². The second-order valence-electron chi connectivity index (χ2n) is 4.41. The van der Waals surface area contributed by atoms with Crippen LogP contribution >= 0.6 is 11.3 Å². The zero-order valence-corrected chi connectivity index (χ0v) is 12.3. The largest absolute Gasteiger partial charge is 0.374 e. The third-order valence-electron chi connectivity index (χ3n) is 3.03. The molecule has 2 aromatic heterocycles. The van der Waals surface area contributed by atoms with Crippen LogP contribution in [0.2, 0.25) is 0 Å². The van der Waals surface area contributed by atoms with Crippen LogP contribution in [0.15, 0.2) is 29.3 Å². The number of nitrogens with one attached hydrogen (secondary N) is 2. The molecule has 0 aliphatic carbocycles. The van der Waals surface area contributed by atoms with E-state index < -0.39 is 0 Å². The molecule has 2 heterocycles. The summed E-state index contributed by atoms with van der Waals surface area (Å²) in [5.74, 6) is 0. The van der Waals surface area contributed by atoms with Crippen molar-refractivity contribution in [3.8, 4) is 0 Å². The maximum atomic E-state index is 11.8. The maximum absolute atomic E-state index is 11.8. The van der Waals surface area contributed by atoms with Gasteiger partial charge in [0.05, 0.1) is 17.2 Å². The summed E-state index contributed by atoms with van der Waals surface area (Å²) in [6, 6.07) is 5.37. The molecule has 0 fully saturated rings. The van der Waals surface area contributed by atoms with Gasteiger partial charge in [-0.15, -0.1) is 10.2 Å². The van der Waals surface area contributed by atoms with E-state index in [2.05, 4.69) is 25.5 Å². The summed E-state index contributed by atoms with van der Waals surface area (Å²) in [6.07, 6.45) is 1.29. The van der Waals surface area contributed by atoms with Gasteiger partial charge in [-0.25, -0.2) is 4.98 Å². The number of hydrogen-bond acceptors (Lipinski definition) is 7. The number of hydrogen-bond donors (Lipinski definition) is 2. The summed E-state index contributed by atoms with van der Waals surface area (Å²) in [5, 5.41) is 13.2. The minimum absolute atomic E-state index is 0.0957. The van der Waals surface area contributed by atoms with Crippen LogP contribution in [0, 0.1) is 0 Å². The lowest BCUT2D eigenvalue weighted by atomic mass is 10.2. The average molecular weight is 303 g/mol. The highest BCUT2D eigenvalue weighted by atomic mass is 32.1. The Hall–Kier alpha value is -2.32. The topological polar surface area (TPSA) is 92.8 Å². The number of H-pyrrole nitrogens is 1. The van der Waals surface area contributed by atoms with Crippen molar-refractivity contribution in [3.05, 3.63) is 39.9 Å². The Morgan fingerprint density at radius 2 is 2.24 bits per heavy atom. The first-order valence-electron chi connectivity index (χ1n) is 6.28. The normalized spacial score (nSPS) is 12.5. The number of nitrogens with zero attached hydrogens (tertiary/aromatic N) is 3. The lowest BCUT2D eigenvalue weighted by Gasteiger charge is -2.04. The van der Waals surface area contributed by atoms with E-state index in [1.54, 1.807) is 19.2 Å². The third kappa shape index (κ3) is 2.76. The van der Waals surface area contributed by atoms with E-state index in [4.69, 9.17) is 4.74 Å². The highest BCUT2D eigenvalue weighted by Gasteiger charge is 2.11. The van der Waals surface area contributed by atoms with Gasteiger partial charge in [-0.2, -0.15) is 0 Å². The zero-order valence-electron chi connectivity index (χ0n) is 11.5. The van der Waals surface area contributed by atoms with Gasteiger partial charge in [-0.3, -0.25) is 4.79 Å². The molecule has 0 bridgehead atoms. The first-order valence-corrected chi connectivity index (χ1v) is 7.09. The lowest BCUT2D eigenvalue weighted by molar-refractivity contribution is 0.118. The molecule has 108 valence electrons. The molecular weight excluding hydrogens is 290 g/mol. The highest BCUT2D eigenvalue weighted by molar-refractivity contribution is 7.15. The number of methoxy groups -OCH3 is 1. The van der Waals surface area contributed by atoms with Crippen LogP contribution in [0.1, 0.15) is 18.0 Å². The molecule has 1 unspecified atom stereocenters. The molecule has 0 amide bonds. The van der Waals surface area contributed by atoms with Gasteiger partial charge in [0.2, 0.25) is 5.13 Å². The molecule has 0 aliphatic rings. The van der Waals surface area contributed by atoms with Crippen molar-refractivity contribution in [1.29, 1.82) is 0 Å². The van der Waals surface area contributed by atoms with Crippen molar-refractivity contribution in [3.63, 3.8) is 0 Å². The van der Waals surface area contributed by atoms with Gasteiger partial charge in [0.25, 0.3) is 5.56 Å². The number of rotatable bonds is 4. The van der Waals surface area contributed by atoms with Crippen LogP contribution in [-0.4, -0.2) is 27.3 Å². The molecule has 7 nitrogen and oxygen atoms in total. The number of anilines is 2. The standard InChI is InChI=1S/C13H13N5O2S/c1-7(20-2)12-17-18-13(21-12)16-8-3-4-10-9(5-8)11(19)15-6-14-10/h3-7H,1-2H3,(H,16,18)(H,14,15,19). The number of ether oxygens (including phenoxy) is 1. The van der Waals surface area contributed by atoms with Gasteiger partial charge in [-0.05, 0) is 25.1 Å².